The van der Waals surface area contributed by atoms with Gasteiger partial charge in [-0.15, -0.1) is 0 Å². The second-order valence-electron chi connectivity index (χ2n) is 4.13. The molecule has 6 heteroatoms. The fourth-order valence-corrected chi connectivity index (χ4v) is 1.69. The summed E-state index contributed by atoms with van der Waals surface area (Å²) in [6.45, 7) is 1.79. The molecule has 1 fully saturated rings. The lowest BCUT2D eigenvalue weighted by molar-refractivity contribution is -0.124. The number of benzene rings is 1. The highest BCUT2D eigenvalue weighted by Gasteiger charge is 2.28. The number of carbonyl (C=O) groups is 1. The predicted molar refractivity (Wildman–Crippen MR) is 61.4 cm³/mol. The van der Waals surface area contributed by atoms with E-state index >= 15 is 0 Å². The number of carbonyl (C=O) groups excluding carboxylic acids is 1. The summed E-state index contributed by atoms with van der Waals surface area (Å²) in [4.78, 5) is 13.2. The van der Waals surface area contributed by atoms with E-state index in [1.165, 1.54) is 11.0 Å². The van der Waals surface area contributed by atoms with Crippen LogP contribution in [0, 0.1) is 11.6 Å². The fourth-order valence-electron chi connectivity index (χ4n) is 1.69. The number of phenols is 1. The topological polar surface area (TPSA) is 52.6 Å². The average Bonchev–Trinajstić information content (AvgIpc) is 2.54. The van der Waals surface area contributed by atoms with Gasteiger partial charge in [-0.3, -0.25) is 4.79 Å². The molecule has 0 spiro atoms. The van der Waals surface area contributed by atoms with Gasteiger partial charge in [0.25, 0.3) is 5.91 Å². The molecule has 0 radical (unpaired) electrons. The third-order valence-electron chi connectivity index (χ3n) is 2.85. The van der Waals surface area contributed by atoms with Gasteiger partial charge < -0.3 is 15.3 Å². The Labute approximate surface area is 103 Å². The third-order valence-corrected chi connectivity index (χ3v) is 2.85. The number of rotatable bonds is 1. The van der Waals surface area contributed by atoms with Crippen molar-refractivity contribution < 1.29 is 18.7 Å². The van der Waals surface area contributed by atoms with Gasteiger partial charge in [-0.1, -0.05) is 0 Å². The molecular formula is C12H12F2N2O2. The van der Waals surface area contributed by atoms with E-state index in [0.717, 1.165) is 12.1 Å². The summed E-state index contributed by atoms with van der Waals surface area (Å²) in [7, 11) is 1.62. The van der Waals surface area contributed by atoms with Crippen molar-refractivity contribution in [3.05, 3.63) is 35.0 Å². The molecule has 1 aromatic rings. The van der Waals surface area contributed by atoms with Crippen LogP contribution in [0.3, 0.4) is 0 Å². The smallest absolute Gasteiger partial charge is 0.271 e. The molecule has 1 aliphatic rings. The van der Waals surface area contributed by atoms with E-state index in [9.17, 15) is 13.6 Å². The Hall–Kier alpha value is -2.11. The number of hydrogen-bond acceptors (Lipinski definition) is 3. The van der Waals surface area contributed by atoms with Crippen molar-refractivity contribution in [2.75, 3.05) is 7.05 Å². The summed E-state index contributed by atoms with van der Waals surface area (Å²) in [6.07, 6.45) is 1.17. The maximum absolute atomic E-state index is 13.1. The standard InChI is InChI=1S/C12H12F2N2O2/c1-6-15-10(12(18)16(6)2)5-7-3-8(13)11(17)9(14)4-7/h3-6,15,17H,1-2H3/b10-5-. The van der Waals surface area contributed by atoms with E-state index in [-0.39, 0.29) is 23.3 Å². The highest BCUT2D eigenvalue weighted by Crippen LogP contribution is 2.23. The number of aromatic hydroxyl groups is 1. The zero-order valence-corrected chi connectivity index (χ0v) is 9.87. The van der Waals surface area contributed by atoms with Gasteiger partial charge in [-0.2, -0.15) is 0 Å². The van der Waals surface area contributed by atoms with Crippen molar-refractivity contribution in [1.82, 2.24) is 10.2 Å². The van der Waals surface area contributed by atoms with Gasteiger partial charge in [0, 0.05) is 7.05 Å². The molecule has 1 heterocycles. The molecule has 1 amide bonds. The van der Waals surface area contributed by atoms with Gasteiger partial charge in [-0.05, 0) is 30.7 Å². The minimum absolute atomic E-state index is 0.168. The minimum atomic E-state index is -1.06. The van der Waals surface area contributed by atoms with E-state index in [1.807, 2.05) is 0 Å². The second kappa shape index (κ2) is 4.29. The Balaban J connectivity index is 2.37. The van der Waals surface area contributed by atoms with E-state index in [0.29, 0.717) is 0 Å². The Morgan fingerprint density at radius 2 is 1.94 bits per heavy atom. The number of likely N-dealkylation sites (N-methyl/N-ethyl adjacent to an activating group) is 1. The van der Waals surface area contributed by atoms with Crippen molar-refractivity contribution in [1.29, 1.82) is 0 Å². The van der Waals surface area contributed by atoms with Crippen LogP contribution in [0.25, 0.3) is 6.08 Å². The number of phenolic OH excluding ortho intramolecular Hbond substituents is 1. The summed E-state index contributed by atoms with van der Waals surface area (Å²) in [5, 5.41) is 11.9. The first kappa shape index (κ1) is 12.3. The molecule has 4 nitrogen and oxygen atoms in total. The van der Waals surface area contributed by atoms with Crippen LogP contribution in [-0.2, 0) is 4.79 Å². The number of hydrogen-bond donors (Lipinski definition) is 2. The van der Waals surface area contributed by atoms with Crippen LogP contribution >= 0.6 is 0 Å². The Bertz CT molecular complexity index is 520. The maximum atomic E-state index is 13.1. The Morgan fingerprint density at radius 3 is 2.39 bits per heavy atom. The van der Waals surface area contributed by atoms with Crippen molar-refractivity contribution in [2.45, 2.75) is 13.1 Å². The lowest BCUT2D eigenvalue weighted by Gasteiger charge is -2.12. The minimum Gasteiger partial charge on any atom is -0.503 e. The molecule has 1 aliphatic heterocycles. The summed E-state index contributed by atoms with van der Waals surface area (Å²) >= 11 is 0. The normalized spacial score (nSPS) is 21.6. The van der Waals surface area contributed by atoms with E-state index in [2.05, 4.69) is 5.32 Å². The van der Waals surface area contributed by atoms with Crippen LogP contribution in [0.1, 0.15) is 12.5 Å². The molecule has 0 saturated carbocycles. The van der Waals surface area contributed by atoms with E-state index < -0.39 is 17.4 Å². The summed E-state index contributed by atoms with van der Waals surface area (Å²) in [5.74, 6) is -3.40. The second-order valence-corrected chi connectivity index (χ2v) is 4.13. The highest BCUT2D eigenvalue weighted by atomic mass is 19.1. The molecule has 2 rings (SSSR count). The molecule has 1 atom stereocenters. The average molecular weight is 254 g/mol. The van der Waals surface area contributed by atoms with Gasteiger partial charge in [0.2, 0.25) is 0 Å². The first-order valence-corrected chi connectivity index (χ1v) is 5.33. The van der Waals surface area contributed by atoms with Crippen LogP contribution in [0.2, 0.25) is 0 Å². The first-order valence-electron chi connectivity index (χ1n) is 5.33. The van der Waals surface area contributed by atoms with Crippen LogP contribution in [0.5, 0.6) is 5.75 Å². The van der Waals surface area contributed by atoms with Gasteiger partial charge in [0.05, 0.1) is 6.17 Å². The molecule has 2 N–H and O–H groups in total. The predicted octanol–water partition coefficient (Wildman–Crippen LogP) is 1.42. The molecule has 0 aromatic heterocycles. The monoisotopic (exact) mass is 254 g/mol. The van der Waals surface area contributed by atoms with Crippen LogP contribution < -0.4 is 5.32 Å². The number of amides is 1. The molecular weight excluding hydrogens is 242 g/mol. The van der Waals surface area contributed by atoms with Gasteiger partial charge >= 0.3 is 0 Å². The zero-order chi connectivity index (χ0) is 13.4. The van der Waals surface area contributed by atoms with Gasteiger partial charge in [-0.25, -0.2) is 8.78 Å². The lowest BCUT2D eigenvalue weighted by Crippen LogP contribution is -2.30. The number of halogens is 2. The first-order chi connectivity index (χ1) is 8.40. The fraction of sp³-hybridized carbons (Fsp3) is 0.250. The van der Waals surface area contributed by atoms with Gasteiger partial charge in [0.15, 0.2) is 17.4 Å². The van der Waals surface area contributed by atoms with E-state index in [1.54, 1.807) is 14.0 Å². The highest BCUT2D eigenvalue weighted by molar-refractivity contribution is 5.99. The molecule has 96 valence electrons. The summed E-state index contributed by atoms with van der Waals surface area (Å²) in [5.41, 5.74) is 0.427. The molecule has 0 bridgehead atoms. The number of nitrogens with zero attached hydrogens (tertiary/aromatic N) is 1. The zero-order valence-electron chi connectivity index (χ0n) is 9.87. The van der Waals surface area contributed by atoms with Crippen LogP contribution in [0.4, 0.5) is 8.78 Å². The largest absolute Gasteiger partial charge is 0.503 e. The lowest BCUT2D eigenvalue weighted by atomic mass is 10.1. The van der Waals surface area contributed by atoms with Crippen molar-refractivity contribution in [2.24, 2.45) is 0 Å². The molecule has 1 saturated heterocycles. The SMILES string of the molecule is CC1N/C(=C\c2cc(F)c(O)c(F)c2)C(=O)N1C. The third kappa shape index (κ3) is 2.01. The van der Waals surface area contributed by atoms with Crippen molar-refractivity contribution >= 4 is 12.0 Å². The van der Waals surface area contributed by atoms with Crippen LogP contribution in [-0.4, -0.2) is 29.1 Å². The van der Waals surface area contributed by atoms with Crippen LogP contribution in [0.15, 0.2) is 17.8 Å². The number of nitrogens with one attached hydrogen (secondary N) is 1. The van der Waals surface area contributed by atoms with Crippen molar-refractivity contribution in [3.63, 3.8) is 0 Å². The summed E-state index contributed by atoms with van der Waals surface area (Å²) in [6, 6.07) is 1.92. The van der Waals surface area contributed by atoms with Gasteiger partial charge in [0.1, 0.15) is 5.70 Å². The molecule has 0 aliphatic carbocycles. The van der Waals surface area contributed by atoms with Crippen molar-refractivity contribution in [3.8, 4) is 5.75 Å². The molecule has 1 aromatic carbocycles. The maximum Gasteiger partial charge on any atom is 0.271 e. The Morgan fingerprint density at radius 1 is 1.39 bits per heavy atom. The van der Waals surface area contributed by atoms with E-state index in [4.69, 9.17) is 5.11 Å². The molecule has 18 heavy (non-hydrogen) atoms. The Kier molecular flexibility index (Phi) is 2.94. The molecule has 1 unspecified atom stereocenters. The summed E-state index contributed by atoms with van der Waals surface area (Å²) < 4.78 is 26.3. The quantitative estimate of drug-likeness (QED) is 0.745.